The number of nitro benzene ring substituents is 1. The predicted molar refractivity (Wildman–Crippen MR) is 79.6 cm³/mol. The van der Waals surface area contributed by atoms with Gasteiger partial charge in [-0.1, -0.05) is 13.8 Å². The lowest BCUT2D eigenvalue weighted by molar-refractivity contribution is -0.385. The van der Waals surface area contributed by atoms with Crippen LogP contribution in [0.2, 0.25) is 0 Å². The zero-order chi connectivity index (χ0) is 16.5. The minimum absolute atomic E-state index is 0.0694. The van der Waals surface area contributed by atoms with E-state index in [0.717, 1.165) is 18.6 Å². The molecule has 0 bridgehead atoms. The summed E-state index contributed by atoms with van der Waals surface area (Å²) >= 11 is 0. The Kier molecular flexibility index (Phi) is 4.49. The van der Waals surface area contributed by atoms with Gasteiger partial charge >= 0.3 is 0 Å². The van der Waals surface area contributed by atoms with Crippen molar-refractivity contribution >= 4 is 15.7 Å². The topological polar surface area (TPSA) is 104 Å². The highest BCUT2D eigenvalue weighted by molar-refractivity contribution is 7.89. The van der Waals surface area contributed by atoms with Crippen molar-refractivity contribution in [1.82, 2.24) is 4.31 Å². The first-order valence-corrected chi connectivity index (χ1v) is 8.47. The summed E-state index contributed by atoms with van der Waals surface area (Å²) in [7, 11) is -3.93. The molecule has 0 saturated carbocycles. The molecule has 0 amide bonds. The third kappa shape index (κ3) is 2.69. The Bertz CT molecular complexity index is 739. The zero-order valence-electron chi connectivity index (χ0n) is 12.4. The van der Waals surface area contributed by atoms with Gasteiger partial charge in [0, 0.05) is 24.7 Å². The van der Waals surface area contributed by atoms with E-state index in [1.54, 1.807) is 6.07 Å². The second-order valence-corrected chi connectivity index (χ2v) is 7.27. The van der Waals surface area contributed by atoms with Gasteiger partial charge in [-0.05, 0) is 24.8 Å². The molecule has 22 heavy (non-hydrogen) atoms. The van der Waals surface area contributed by atoms with E-state index >= 15 is 0 Å². The van der Waals surface area contributed by atoms with Gasteiger partial charge in [-0.25, -0.2) is 8.42 Å². The van der Waals surface area contributed by atoms with Gasteiger partial charge in [0.1, 0.15) is 11.0 Å². The SMILES string of the molecule is CCC1C(C)CCN1S(=O)(=O)c1cc([N+](=O)[O-])ccc1C#N. The molecule has 2 atom stereocenters. The molecule has 2 unspecified atom stereocenters. The van der Waals surface area contributed by atoms with E-state index in [1.807, 2.05) is 13.8 Å². The third-order valence-electron chi connectivity index (χ3n) is 4.13. The molecule has 1 heterocycles. The molecular formula is C14H17N3O4S. The number of nitriles is 1. The van der Waals surface area contributed by atoms with Crippen molar-refractivity contribution in [3.05, 3.63) is 33.9 Å². The quantitative estimate of drug-likeness (QED) is 0.624. The Hall–Kier alpha value is -1.98. The molecule has 0 N–H and O–H groups in total. The van der Waals surface area contributed by atoms with E-state index < -0.39 is 14.9 Å². The summed E-state index contributed by atoms with van der Waals surface area (Å²) in [6, 6.07) is 4.97. The first-order chi connectivity index (χ1) is 10.3. The average molecular weight is 323 g/mol. The van der Waals surface area contributed by atoms with Gasteiger partial charge in [0.15, 0.2) is 0 Å². The molecule has 1 aromatic rings. The maximum atomic E-state index is 12.9. The fourth-order valence-electron chi connectivity index (χ4n) is 2.93. The fraction of sp³-hybridized carbons (Fsp3) is 0.500. The molecule has 1 aliphatic heterocycles. The van der Waals surface area contributed by atoms with Crippen LogP contribution < -0.4 is 0 Å². The van der Waals surface area contributed by atoms with E-state index in [-0.39, 0.29) is 28.1 Å². The zero-order valence-corrected chi connectivity index (χ0v) is 13.2. The lowest BCUT2D eigenvalue weighted by Crippen LogP contribution is -2.37. The molecule has 0 spiro atoms. The van der Waals surface area contributed by atoms with Crippen LogP contribution in [0.25, 0.3) is 0 Å². The number of nitro groups is 1. The molecule has 1 aromatic carbocycles. The van der Waals surface area contributed by atoms with E-state index in [4.69, 9.17) is 5.26 Å². The number of rotatable bonds is 4. The Labute approximate surface area is 129 Å². The first kappa shape index (κ1) is 16.4. The standard InChI is InChI=1S/C14H17N3O4S/c1-3-13-10(2)6-7-16(13)22(20,21)14-8-12(17(18)19)5-4-11(14)9-15/h4-5,8,10,13H,3,6-7H2,1-2H3. The van der Waals surface area contributed by atoms with E-state index in [0.29, 0.717) is 13.0 Å². The highest BCUT2D eigenvalue weighted by Crippen LogP contribution is 2.33. The van der Waals surface area contributed by atoms with Gasteiger partial charge in [-0.3, -0.25) is 10.1 Å². The molecular weight excluding hydrogens is 306 g/mol. The Morgan fingerprint density at radius 3 is 2.73 bits per heavy atom. The van der Waals surface area contributed by atoms with Gasteiger partial charge < -0.3 is 0 Å². The van der Waals surface area contributed by atoms with Crippen LogP contribution in [0.3, 0.4) is 0 Å². The third-order valence-corrected chi connectivity index (χ3v) is 6.10. The maximum Gasteiger partial charge on any atom is 0.270 e. The second-order valence-electron chi connectivity index (χ2n) is 5.41. The molecule has 0 radical (unpaired) electrons. The lowest BCUT2D eigenvalue weighted by Gasteiger charge is -2.25. The fourth-order valence-corrected chi connectivity index (χ4v) is 4.91. The molecule has 0 aromatic heterocycles. The van der Waals surface area contributed by atoms with Crippen LogP contribution >= 0.6 is 0 Å². The smallest absolute Gasteiger partial charge is 0.258 e. The maximum absolute atomic E-state index is 12.9. The highest BCUT2D eigenvalue weighted by Gasteiger charge is 2.39. The van der Waals surface area contributed by atoms with E-state index in [9.17, 15) is 18.5 Å². The number of nitrogens with zero attached hydrogens (tertiary/aromatic N) is 3. The Morgan fingerprint density at radius 2 is 2.18 bits per heavy atom. The van der Waals surface area contributed by atoms with E-state index in [1.165, 1.54) is 10.4 Å². The number of benzene rings is 1. The van der Waals surface area contributed by atoms with Crippen LogP contribution in [-0.4, -0.2) is 30.2 Å². The van der Waals surface area contributed by atoms with Crippen LogP contribution in [0.15, 0.2) is 23.1 Å². The Morgan fingerprint density at radius 1 is 1.50 bits per heavy atom. The number of non-ortho nitro benzene ring substituents is 1. The van der Waals surface area contributed by atoms with Crippen LogP contribution in [0.5, 0.6) is 0 Å². The molecule has 8 heteroatoms. The number of hydrogen-bond donors (Lipinski definition) is 0. The summed E-state index contributed by atoms with van der Waals surface area (Å²) in [5, 5.41) is 20.0. The Balaban J connectivity index is 2.56. The minimum atomic E-state index is -3.93. The van der Waals surface area contributed by atoms with Crippen molar-refractivity contribution in [2.75, 3.05) is 6.54 Å². The van der Waals surface area contributed by atoms with Crippen molar-refractivity contribution in [2.24, 2.45) is 5.92 Å². The summed E-state index contributed by atoms with van der Waals surface area (Å²) in [5.41, 5.74) is -0.405. The summed E-state index contributed by atoms with van der Waals surface area (Å²) in [5.74, 6) is 0.226. The summed E-state index contributed by atoms with van der Waals surface area (Å²) < 4.78 is 27.1. The molecule has 2 rings (SSSR count). The monoisotopic (exact) mass is 323 g/mol. The van der Waals surface area contributed by atoms with Gasteiger partial charge in [0.25, 0.3) is 5.69 Å². The van der Waals surface area contributed by atoms with Crippen LogP contribution in [-0.2, 0) is 10.0 Å². The van der Waals surface area contributed by atoms with Gasteiger partial charge in [-0.2, -0.15) is 9.57 Å². The van der Waals surface area contributed by atoms with Crippen molar-refractivity contribution < 1.29 is 13.3 Å². The minimum Gasteiger partial charge on any atom is -0.258 e. The van der Waals surface area contributed by atoms with Crippen LogP contribution in [0.1, 0.15) is 32.3 Å². The van der Waals surface area contributed by atoms with Crippen LogP contribution in [0.4, 0.5) is 5.69 Å². The second kappa shape index (κ2) is 6.02. The van der Waals surface area contributed by atoms with Gasteiger partial charge in [-0.15, -0.1) is 0 Å². The normalized spacial score (nSPS) is 22.4. The van der Waals surface area contributed by atoms with Crippen molar-refractivity contribution in [3.63, 3.8) is 0 Å². The van der Waals surface area contributed by atoms with Crippen molar-refractivity contribution in [3.8, 4) is 6.07 Å². The molecule has 118 valence electrons. The lowest BCUT2D eigenvalue weighted by atomic mass is 10.0. The van der Waals surface area contributed by atoms with Crippen LogP contribution in [0, 0.1) is 27.4 Å². The van der Waals surface area contributed by atoms with Crippen molar-refractivity contribution in [2.45, 2.75) is 37.6 Å². The average Bonchev–Trinajstić information content (AvgIpc) is 2.87. The van der Waals surface area contributed by atoms with Crippen molar-refractivity contribution in [1.29, 1.82) is 5.26 Å². The first-order valence-electron chi connectivity index (χ1n) is 7.03. The van der Waals surface area contributed by atoms with Gasteiger partial charge in [0.2, 0.25) is 10.0 Å². The molecule has 1 aliphatic rings. The molecule has 1 fully saturated rings. The predicted octanol–water partition coefficient (Wildman–Crippen LogP) is 2.28. The molecule has 1 saturated heterocycles. The molecule has 7 nitrogen and oxygen atoms in total. The summed E-state index contributed by atoms with van der Waals surface area (Å²) in [6.07, 6.45) is 1.41. The highest BCUT2D eigenvalue weighted by atomic mass is 32.2. The largest absolute Gasteiger partial charge is 0.270 e. The molecule has 0 aliphatic carbocycles. The van der Waals surface area contributed by atoms with E-state index in [2.05, 4.69) is 0 Å². The summed E-state index contributed by atoms with van der Waals surface area (Å²) in [4.78, 5) is 9.94. The van der Waals surface area contributed by atoms with Gasteiger partial charge in [0.05, 0.1) is 10.5 Å². The number of sulfonamides is 1. The summed E-state index contributed by atoms with van der Waals surface area (Å²) in [6.45, 7) is 4.27. The number of hydrogen-bond acceptors (Lipinski definition) is 5.